The van der Waals surface area contributed by atoms with Gasteiger partial charge in [0.15, 0.2) is 5.96 Å². The normalized spacial score (nSPS) is 15.2. The molecule has 1 aliphatic heterocycles. The lowest BCUT2D eigenvalue weighted by atomic mass is 10.2. The van der Waals surface area contributed by atoms with Gasteiger partial charge in [-0.05, 0) is 48.9 Å². The number of benzene rings is 2. The zero-order chi connectivity index (χ0) is 18.5. The van der Waals surface area contributed by atoms with Gasteiger partial charge < -0.3 is 20.1 Å². The van der Waals surface area contributed by atoms with Gasteiger partial charge >= 0.3 is 0 Å². The van der Waals surface area contributed by atoms with Gasteiger partial charge in [0.05, 0.1) is 19.8 Å². The topological polar surface area (TPSA) is 57.1 Å². The molecule has 2 N–H and O–H groups in total. The van der Waals surface area contributed by atoms with E-state index in [1.54, 1.807) is 30.3 Å². The van der Waals surface area contributed by atoms with Crippen molar-refractivity contribution in [1.29, 1.82) is 0 Å². The van der Waals surface area contributed by atoms with E-state index in [2.05, 4.69) is 31.1 Å². The van der Waals surface area contributed by atoms with Gasteiger partial charge in [0.2, 0.25) is 0 Å². The number of halogens is 2. The molecule has 1 aliphatic rings. The minimum atomic E-state index is -0.279. The summed E-state index contributed by atoms with van der Waals surface area (Å²) in [5, 5.41) is 12.9. The highest BCUT2D eigenvalue weighted by molar-refractivity contribution is 9.10. The summed E-state index contributed by atoms with van der Waals surface area (Å²) < 4.78 is 20.3. The van der Waals surface area contributed by atoms with Gasteiger partial charge in [-0.3, -0.25) is 0 Å². The summed E-state index contributed by atoms with van der Waals surface area (Å²) in [6.45, 7) is 4.81. The first-order valence-electron chi connectivity index (χ1n) is 8.40. The smallest absolute Gasteiger partial charge is 0.198 e. The highest BCUT2D eigenvalue weighted by Crippen LogP contribution is 2.21. The van der Waals surface area contributed by atoms with Crippen molar-refractivity contribution < 1.29 is 14.2 Å². The number of nitrogens with one attached hydrogen (secondary N) is 1. The number of hydrogen-bond donors (Lipinski definition) is 2. The zero-order valence-corrected chi connectivity index (χ0v) is 16.1. The van der Waals surface area contributed by atoms with E-state index >= 15 is 0 Å². The van der Waals surface area contributed by atoms with Crippen LogP contribution in [0.4, 0.5) is 10.1 Å². The molecule has 0 radical (unpaired) electrons. The molecule has 0 atom stereocenters. The van der Waals surface area contributed by atoms with E-state index in [1.165, 1.54) is 6.07 Å². The fourth-order valence-electron chi connectivity index (χ4n) is 2.73. The van der Waals surface area contributed by atoms with E-state index in [0.29, 0.717) is 37.8 Å². The van der Waals surface area contributed by atoms with Crippen molar-refractivity contribution in [1.82, 2.24) is 4.90 Å². The Morgan fingerprint density at radius 1 is 1.27 bits per heavy atom. The second-order valence-electron chi connectivity index (χ2n) is 6.10. The standard InChI is InChI=1S/C19H21BrFN3O2/c1-13-10-16(25)3-5-18(13)23-19(24-6-8-26-9-7-24)22-12-14-11-15(20)2-4-17(14)21/h2-5,10-11,25H,6-9,12H2,1H3,(H,22,23). The van der Waals surface area contributed by atoms with E-state index in [4.69, 9.17) is 4.74 Å². The number of aryl methyl sites for hydroxylation is 1. The first-order chi connectivity index (χ1) is 12.5. The average Bonchev–Trinajstić information content (AvgIpc) is 2.63. The molecule has 26 heavy (non-hydrogen) atoms. The van der Waals surface area contributed by atoms with Crippen LogP contribution in [0.2, 0.25) is 0 Å². The number of ether oxygens (including phenoxy) is 1. The molecule has 2 aromatic rings. The number of rotatable bonds is 3. The molecule has 0 aromatic heterocycles. The minimum Gasteiger partial charge on any atom is -0.508 e. The SMILES string of the molecule is Cc1cc(O)ccc1NC(=NCc1cc(Br)ccc1F)N1CCOCC1. The van der Waals surface area contributed by atoms with Crippen LogP contribution < -0.4 is 5.32 Å². The quantitative estimate of drug-likeness (QED) is 0.448. The molecule has 0 saturated carbocycles. The van der Waals surface area contributed by atoms with Crippen molar-refractivity contribution >= 4 is 27.6 Å². The van der Waals surface area contributed by atoms with Gasteiger partial charge in [-0.15, -0.1) is 0 Å². The molecular formula is C19H21BrFN3O2. The molecule has 0 unspecified atom stereocenters. The number of aromatic hydroxyl groups is 1. The fourth-order valence-corrected chi connectivity index (χ4v) is 3.14. The maximum absolute atomic E-state index is 14.0. The maximum Gasteiger partial charge on any atom is 0.198 e. The average molecular weight is 422 g/mol. The van der Waals surface area contributed by atoms with Gasteiger partial charge in [0.1, 0.15) is 11.6 Å². The summed E-state index contributed by atoms with van der Waals surface area (Å²) in [4.78, 5) is 6.72. The Morgan fingerprint density at radius 2 is 2.04 bits per heavy atom. The number of anilines is 1. The van der Waals surface area contributed by atoms with Gasteiger partial charge in [0, 0.05) is 28.8 Å². The third kappa shape index (κ3) is 4.74. The van der Waals surface area contributed by atoms with E-state index in [9.17, 15) is 9.50 Å². The molecule has 0 amide bonds. The van der Waals surface area contributed by atoms with Crippen LogP contribution in [-0.2, 0) is 11.3 Å². The summed E-state index contributed by atoms with van der Waals surface area (Å²) in [7, 11) is 0. The monoisotopic (exact) mass is 421 g/mol. The summed E-state index contributed by atoms with van der Waals surface area (Å²) in [6.07, 6.45) is 0. The molecule has 5 nitrogen and oxygen atoms in total. The minimum absolute atomic E-state index is 0.217. The summed E-state index contributed by atoms with van der Waals surface area (Å²) in [5.74, 6) is 0.606. The Hall–Kier alpha value is -2.12. The number of phenolic OH excluding ortho intramolecular Hbond substituents is 1. The van der Waals surface area contributed by atoms with Crippen molar-refractivity contribution in [2.45, 2.75) is 13.5 Å². The molecular weight excluding hydrogens is 401 g/mol. The molecule has 3 rings (SSSR count). The molecule has 0 bridgehead atoms. The molecule has 0 aliphatic carbocycles. The van der Waals surface area contributed by atoms with E-state index in [1.807, 2.05) is 6.92 Å². The van der Waals surface area contributed by atoms with Crippen molar-refractivity contribution in [3.63, 3.8) is 0 Å². The van der Waals surface area contributed by atoms with E-state index in [0.717, 1.165) is 15.7 Å². The third-order valence-electron chi connectivity index (χ3n) is 4.17. The highest BCUT2D eigenvalue weighted by Gasteiger charge is 2.16. The molecule has 1 heterocycles. The molecule has 1 fully saturated rings. The molecule has 1 saturated heterocycles. The van der Waals surface area contributed by atoms with Crippen LogP contribution >= 0.6 is 15.9 Å². The molecule has 138 valence electrons. The van der Waals surface area contributed by atoms with Crippen molar-refractivity contribution in [3.8, 4) is 5.75 Å². The van der Waals surface area contributed by atoms with Gasteiger partial charge in [-0.2, -0.15) is 0 Å². The predicted molar refractivity (Wildman–Crippen MR) is 104 cm³/mol. The second kappa shape index (κ2) is 8.51. The predicted octanol–water partition coefficient (Wildman–Crippen LogP) is 3.90. The lowest BCUT2D eigenvalue weighted by Gasteiger charge is -2.30. The Bertz CT molecular complexity index is 807. The van der Waals surface area contributed by atoms with Crippen LogP contribution in [0.15, 0.2) is 45.9 Å². The second-order valence-corrected chi connectivity index (χ2v) is 7.01. The van der Waals surface area contributed by atoms with Crippen molar-refractivity contribution in [3.05, 3.63) is 57.8 Å². The lowest BCUT2D eigenvalue weighted by Crippen LogP contribution is -2.44. The Kier molecular flexibility index (Phi) is 6.11. The van der Waals surface area contributed by atoms with E-state index < -0.39 is 0 Å². The van der Waals surface area contributed by atoms with Crippen LogP contribution in [0.3, 0.4) is 0 Å². The third-order valence-corrected chi connectivity index (χ3v) is 4.67. The number of nitrogens with zero attached hydrogens (tertiary/aromatic N) is 2. The first-order valence-corrected chi connectivity index (χ1v) is 9.20. The van der Waals surface area contributed by atoms with Crippen LogP contribution in [0.5, 0.6) is 5.75 Å². The van der Waals surface area contributed by atoms with Crippen molar-refractivity contribution in [2.75, 3.05) is 31.6 Å². The number of hydrogen-bond acceptors (Lipinski definition) is 3. The largest absolute Gasteiger partial charge is 0.508 e. The summed E-state index contributed by atoms with van der Waals surface area (Å²) >= 11 is 3.37. The van der Waals surface area contributed by atoms with Gasteiger partial charge in [-0.25, -0.2) is 9.38 Å². The Balaban J connectivity index is 1.85. The van der Waals surface area contributed by atoms with Gasteiger partial charge in [-0.1, -0.05) is 15.9 Å². The lowest BCUT2D eigenvalue weighted by molar-refractivity contribution is 0.0679. The Morgan fingerprint density at radius 3 is 2.77 bits per heavy atom. The maximum atomic E-state index is 14.0. The van der Waals surface area contributed by atoms with E-state index in [-0.39, 0.29) is 18.1 Å². The highest BCUT2D eigenvalue weighted by atomic mass is 79.9. The van der Waals surface area contributed by atoms with Crippen LogP contribution in [0, 0.1) is 12.7 Å². The van der Waals surface area contributed by atoms with Gasteiger partial charge in [0.25, 0.3) is 0 Å². The molecule has 0 spiro atoms. The van der Waals surface area contributed by atoms with Crippen LogP contribution in [0.1, 0.15) is 11.1 Å². The summed E-state index contributed by atoms with van der Waals surface area (Å²) in [6, 6.07) is 9.96. The summed E-state index contributed by atoms with van der Waals surface area (Å²) in [5.41, 5.74) is 2.27. The van der Waals surface area contributed by atoms with Crippen LogP contribution in [0.25, 0.3) is 0 Å². The number of aliphatic imine (C=N–C) groups is 1. The number of guanidine groups is 1. The molecule has 7 heteroatoms. The van der Waals surface area contributed by atoms with Crippen molar-refractivity contribution in [2.24, 2.45) is 4.99 Å². The number of morpholine rings is 1. The molecule has 2 aromatic carbocycles. The zero-order valence-electron chi connectivity index (χ0n) is 14.5. The number of phenols is 1. The van der Waals surface area contributed by atoms with Crippen LogP contribution in [-0.4, -0.2) is 42.3 Å². The first kappa shape index (κ1) is 18.7. The fraction of sp³-hybridized carbons (Fsp3) is 0.316. The Labute approximate surface area is 160 Å².